The van der Waals surface area contributed by atoms with Crippen LogP contribution in [0.3, 0.4) is 0 Å². The summed E-state index contributed by atoms with van der Waals surface area (Å²) in [5.41, 5.74) is 1.39. The molecule has 1 heterocycles. The van der Waals surface area contributed by atoms with Gasteiger partial charge in [-0.15, -0.1) is 0 Å². The van der Waals surface area contributed by atoms with Crippen molar-refractivity contribution in [3.05, 3.63) is 52.1 Å². The summed E-state index contributed by atoms with van der Waals surface area (Å²) in [6.07, 6.45) is 0. The summed E-state index contributed by atoms with van der Waals surface area (Å²) in [6, 6.07) is 8.68. The second-order valence-corrected chi connectivity index (χ2v) is 6.23. The third-order valence-electron chi connectivity index (χ3n) is 3.76. The highest BCUT2D eigenvalue weighted by atomic mass is 32.1. The van der Waals surface area contributed by atoms with Crippen molar-refractivity contribution in [2.24, 2.45) is 0 Å². The van der Waals surface area contributed by atoms with E-state index in [1.165, 1.54) is 12.1 Å². The highest BCUT2D eigenvalue weighted by Crippen LogP contribution is 2.23. The van der Waals surface area contributed by atoms with E-state index in [2.05, 4.69) is 19.4 Å². The van der Waals surface area contributed by atoms with Crippen LogP contribution in [0.5, 0.6) is 0 Å². The second kappa shape index (κ2) is 9.03. The van der Waals surface area contributed by atoms with Gasteiger partial charge in [-0.25, -0.2) is 4.79 Å². The van der Waals surface area contributed by atoms with Gasteiger partial charge in [0.05, 0.1) is 34.5 Å². The number of carbonyl (C=O) groups is 2. The first-order valence-corrected chi connectivity index (χ1v) is 9.04. The molecule has 3 aromatic rings. The molecule has 0 atom stereocenters. The van der Waals surface area contributed by atoms with Gasteiger partial charge in [0.1, 0.15) is 11.0 Å². The number of aliphatic hydroxyl groups is 1. The molecule has 0 saturated heterocycles. The molecule has 0 unspecified atom stereocenters. The molecule has 0 fully saturated rings. The predicted molar refractivity (Wildman–Crippen MR) is 105 cm³/mol. The Morgan fingerprint density at radius 2 is 2.03 bits per heavy atom. The Labute approximate surface area is 167 Å². The molecule has 150 valence electrons. The zero-order valence-corrected chi connectivity index (χ0v) is 15.6. The van der Waals surface area contributed by atoms with E-state index in [1.54, 1.807) is 18.2 Å². The summed E-state index contributed by atoms with van der Waals surface area (Å²) >= 11 is 1.00. The smallest absolute Gasteiger partial charge is 0.341 e. The fourth-order valence-electron chi connectivity index (χ4n) is 2.46. The molecule has 3 rings (SSSR count). The van der Waals surface area contributed by atoms with Crippen molar-refractivity contribution in [3.8, 4) is 0 Å². The molecule has 0 aliphatic rings. The number of hydrogen-bond acceptors (Lipinski definition) is 10. The first kappa shape index (κ1) is 20.1. The highest BCUT2D eigenvalue weighted by Gasteiger charge is 2.19. The number of aliphatic hydroxyl groups excluding tert-OH is 1. The minimum Gasteiger partial charge on any atom is -0.452 e. The van der Waals surface area contributed by atoms with Crippen LogP contribution in [-0.2, 0) is 9.53 Å². The van der Waals surface area contributed by atoms with Gasteiger partial charge in [-0.1, -0.05) is 6.07 Å². The van der Waals surface area contributed by atoms with Crippen molar-refractivity contribution in [1.82, 2.24) is 8.75 Å². The summed E-state index contributed by atoms with van der Waals surface area (Å²) in [4.78, 5) is 34.9. The summed E-state index contributed by atoms with van der Waals surface area (Å²) in [6.45, 7) is -0.677. The number of rotatable bonds is 8. The average Bonchev–Trinajstić information content (AvgIpc) is 3.20. The number of amides is 1. The first-order valence-electron chi connectivity index (χ1n) is 8.31. The highest BCUT2D eigenvalue weighted by molar-refractivity contribution is 7.00. The van der Waals surface area contributed by atoms with Crippen LogP contribution in [0.1, 0.15) is 10.4 Å². The van der Waals surface area contributed by atoms with Crippen molar-refractivity contribution in [2.45, 2.75) is 0 Å². The maximum Gasteiger partial charge on any atom is 0.341 e. The molecule has 0 bridgehead atoms. The van der Waals surface area contributed by atoms with Crippen LogP contribution < -0.4 is 10.6 Å². The Morgan fingerprint density at radius 3 is 2.79 bits per heavy atom. The lowest BCUT2D eigenvalue weighted by Crippen LogP contribution is -2.22. The van der Waals surface area contributed by atoms with E-state index >= 15 is 0 Å². The molecule has 0 spiro atoms. The number of benzene rings is 2. The third-order valence-corrected chi connectivity index (χ3v) is 4.30. The SMILES string of the molecule is O=C(COC(=O)c1cc([N+](=O)[O-])ccc1NCCO)Nc1cccc2nsnc12. The Hall–Kier alpha value is -3.64. The predicted octanol–water partition coefficient (Wildman–Crippen LogP) is 1.80. The van der Waals surface area contributed by atoms with E-state index in [4.69, 9.17) is 9.84 Å². The number of nitrogens with zero attached hydrogens (tertiary/aromatic N) is 3. The van der Waals surface area contributed by atoms with Gasteiger partial charge in [0, 0.05) is 24.4 Å². The fraction of sp³-hybridized carbons (Fsp3) is 0.176. The van der Waals surface area contributed by atoms with Crippen molar-refractivity contribution in [2.75, 3.05) is 30.4 Å². The van der Waals surface area contributed by atoms with Gasteiger partial charge in [0.25, 0.3) is 11.6 Å². The summed E-state index contributed by atoms with van der Waals surface area (Å²) in [7, 11) is 0. The monoisotopic (exact) mass is 417 g/mol. The molecule has 3 N–H and O–H groups in total. The van der Waals surface area contributed by atoms with Gasteiger partial charge in [-0.3, -0.25) is 14.9 Å². The van der Waals surface area contributed by atoms with Crippen LogP contribution >= 0.6 is 11.7 Å². The number of hydrogen-bond donors (Lipinski definition) is 3. The van der Waals surface area contributed by atoms with Gasteiger partial charge in [0.15, 0.2) is 6.61 Å². The quantitative estimate of drug-likeness (QED) is 0.282. The molecular formula is C17H15N5O6S. The number of anilines is 2. The van der Waals surface area contributed by atoms with Gasteiger partial charge < -0.3 is 20.5 Å². The molecule has 29 heavy (non-hydrogen) atoms. The van der Waals surface area contributed by atoms with Crippen LogP contribution in [0.15, 0.2) is 36.4 Å². The molecule has 0 aliphatic heterocycles. The topological polar surface area (TPSA) is 157 Å². The van der Waals surface area contributed by atoms with Crippen molar-refractivity contribution in [1.29, 1.82) is 0 Å². The van der Waals surface area contributed by atoms with Gasteiger partial charge in [0.2, 0.25) is 0 Å². The molecular weight excluding hydrogens is 402 g/mol. The lowest BCUT2D eigenvalue weighted by Gasteiger charge is -2.11. The minimum absolute atomic E-state index is 0.119. The van der Waals surface area contributed by atoms with E-state index in [0.717, 1.165) is 17.8 Å². The Bertz CT molecular complexity index is 1070. The van der Waals surface area contributed by atoms with Crippen LogP contribution in [0.4, 0.5) is 17.1 Å². The summed E-state index contributed by atoms with van der Waals surface area (Å²) in [5, 5.41) is 25.3. The number of nitrogens with one attached hydrogen (secondary N) is 2. The van der Waals surface area contributed by atoms with Gasteiger partial charge >= 0.3 is 5.97 Å². The standard InChI is InChI=1S/C17H15N5O6S/c23-7-6-18-12-5-4-10(22(26)27)8-11(12)17(25)28-9-15(24)19-13-2-1-3-14-16(13)21-29-20-14/h1-5,8,18,23H,6-7,9H2,(H,19,24). The van der Waals surface area contributed by atoms with Crippen LogP contribution in [-0.4, -0.2) is 50.4 Å². The van der Waals surface area contributed by atoms with Crippen LogP contribution in [0.25, 0.3) is 11.0 Å². The third kappa shape index (κ3) is 4.80. The minimum atomic E-state index is -0.919. The maximum absolute atomic E-state index is 12.4. The Balaban J connectivity index is 1.69. The largest absolute Gasteiger partial charge is 0.452 e. The number of nitro groups is 1. The molecule has 11 nitrogen and oxygen atoms in total. The van der Waals surface area contributed by atoms with Gasteiger partial charge in [-0.05, 0) is 18.2 Å². The molecule has 1 aromatic heterocycles. The number of esters is 1. The molecule has 2 aromatic carbocycles. The lowest BCUT2D eigenvalue weighted by molar-refractivity contribution is -0.384. The first-order chi connectivity index (χ1) is 14.0. The normalized spacial score (nSPS) is 10.5. The van der Waals surface area contributed by atoms with E-state index < -0.39 is 23.4 Å². The lowest BCUT2D eigenvalue weighted by atomic mass is 10.1. The number of non-ortho nitro benzene ring substituents is 1. The molecule has 12 heteroatoms. The number of aromatic nitrogens is 2. The Kier molecular flexibility index (Phi) is 6.26. The van der Waals surface area contributed by atoms with Crippen molar-refractivity contribution >= 4 is 51.7 Å². The summed E-state index contributed by atoms with van der Waals surface area (Å²) < 4.78 is 13.2. The fourth-order valence-corrected chi connectivity index (χ4v) is 3.01. The Morgan fingerprint density at radius 1 is 1.21 bits per heavy atom. The molecule has 0 aliphatic carbocycles. The molecule has 0 saturated carbocycles. The molecule has 1 amide bonds. The number of nitro benzene ring substituents is 1. The van der Waals surface area contributed by atoms with Crippen molar-refractivity contribution in [3.63, 3.8) is 0 Å². The number of fused-ring (bicyclic) bond motifs is 1. The van der Waals surface area contributed by atoms with E-state index in [1.807, 2.05) is 0 Å². The second-order valence-electron chi connectivity index (χ2n) is 5.70. The zero-order chi connectivity index (χ0) is 20.8. The van der Waals surface area contributed by atoms with Crippen LogP contribution in [0.2, 0.25) is 0 Å². The molecule has 0 radical (unpaired) electrons. The number of ether oxygens (including phenoxy) is 1. The number of carbonyl (C=O) groups excluding carboxylic acids is 2. The maximum atomic E-state index is 12.4. The average molecular weight is 417 g/mol. The van der Waals surface area contributed by atoms with Crippen molar-refractivity contribution < 1.29 is 24.4 Å². The summed E-state index contributed by atoms with van der Waals surface area (Å²) in [5.74, 6) is -1.52. The van der Waals surface area contributed by atoms with Crippen LogP contribution in [0, 0.1) is 10.1 Å². The van der Waals surface area contributed by atoms with Gasteiger partial charge in [-0.2, -0.15) is 8.75 Å². The van der Waals surface area contributed by atoms with E-state index in [9.17, 15) is 19.7 Å². The van der Waals surface area contributed by atoms with E-state index in [0.29, 0.717) is 16.7 Å². The zero-order valence-electron chi connectivity index (χ0n) is 14.8. The van der Waals surface area contributed by atoms with E-state index in [-0.39, 0.29) is 30.1 Å².